The summed E-state index contributed by atoms with van der Waals surface area (Å²) >= 11 is 0. The lowest BCUT2D eigenvalue weighted by atomic mass is 10.0. The van der Waals surface area contributed by atoms with Gasteiger partial charge >= 0.3 is 0 Å². The van der Waals surface area contributed by atoms with E-state index in [2.05, 4.69) is 4.98 Å². The molecule has 0 saturated heterocycles. The number of benzene rings is 3. The number of hydrogen-bond acceptors (Lipinski definition) is 7. The SMILES string of the molecule is COc1cc2nccc(Oc3ccc(N(C(=O)C4(C(N)=O)CC4)c4ccc(F)cc4)cc3F)c2cc1OCCCN.Cl.Cl. The third-order valence-corrected chi connectivity index (χ3v) is 6.91. The average molecular weight is 635 g/mol. The number of anilines is 2. The van der Waals surface area contributed by atoms with Crippen LogP contribution in [-0.2, 0) is 9.59 Å². The predicted molar refractivity (Wildman–Crippen MR) is 163 cm³/mol. The van der Waals surface area contributed by atoms with Crippen molar-refractivity contribution in [3.63, 3.8) is 0 Å². The Kier molecular flexibility index (Phi) is 10.7. The molecule has 0 radical (unpaired) electrons. The fourth-order valence-electron chi connectivity index (χ4n) is 4.46. The van der Waals surface area contributed by atoms with Gasteiger partial charge in [0.1, 0.15) is 17.0 Å². The van der Waals surface area contributed by atoms with E-state index in [0.29, 0.717) is 47.7 Å². The topological polar surface area (TPSA) is 130 Å². The van der Waals surface area contributed by atoms with Gasteiger partial charge in [-0.1, -0.05) is 0 Å². The summed E-state index contributed by atoms with van der Waals surface area (Å²) in [6.07, 6.45) is 2.72. The first-order chi connectivity index (χ1) is 19.8. The number of amides is 2. The maximum Gasteiger partial charge on any atom is 0.247 e. The van der Waals surface area contributed by atoms with Crippen LogP contribution < -0.4 is 30.6 Å². The van der Waals surface area contributed by atoms with Crippen molar-refractivity contribution >= 4 is 58.9 Å². The van der Waals surface area contributed by atoms with Crippen molar-refractivity contribution in [3.8, 4) is 23.0 Å². The fraction of sp³-hybridized carbons (Fsp3) is 0.233. The van der Waals surface area contributed by atoms with E-state index in [-0.39, 0.29) is 54.8 Å². The number of carbonyl (C=O) groups excluding carboxylic acids is 2. The van der Waals surface area contributed by atoms with Crippen molar-refractivity contribution in [3.05, 3.63) is 78.5 Å². The molecule has 4 N–H and O–H groups in total. The molecule has 2 amide bonds. The molecule has 3 aromatic carbocycles. The van der Waals surface area contributed by atoms with Crippen LogP contribution >= 0.6 is 24.8 Å². The van der Waals surface area contributed by atoms with Crippen LogP contribution in [0.2, 0.25) is 0 Å². The molecule has 0 aliphatic heterocycles. The number of primary amides is 1. The maximum absolute atomic E-state index is 15.5. The average Bonchev–Trinajstić information content (AvgIpc) is 3.78. The zero-order chi connectivity index (χ0) is 29.1. The van der Waals surface area contributed by atoms with E-state index >= 15 is 4.39 Å². The van der Waals surface area contributed by atoms with Crippen LogP contribution in [0, 0.1) is 17.0 Å². The molecule has 1 fully saturated rings. The van der Waals surface area contributed by atoms with Gasteiger partial charge < -0.3 is 25.7 Å². The Hall–Kier alpha value is -4.19. The summed E-state index contributed by atoms with van der Waals surface area (Å²) in [5.74, 6) is -1.53. The van der Waals surface area contributed by atoms with Gasteiger partial charge in [0.05, 0.1) is 24.9 Å². The quantitative estimate of drug-likeness (QED) is 0.157. The van der Waals surface area contributed by atoms with Gasteiger partial charge in [-0.3, -0.25) is 19.5 Å². The highest BCUT2D eigenvalue weighted by atomic mass is 35.5. The third-order valence-electron chi connectivity index (χ3n) is 6.91. The Bertz CT molecular complexity index is 1620. The van der Waals surface area contributed by atoms with E-state index in [1.807, 2.05) is 0 Å². The molecule has 4 aromatic rings. The number of nitrogens with two attached hydrogens (primary N) is 2. The zero-order valence-corrected chi connectivity index (χ0v) is 24.7. The van der Waals surface area contributed by atoms with E-state index in [1.165, 1.54) is 54.6 Å². The lowest BCUT2D eigenvalue weighted by molar-refractivity contribution is -0.133. The molecule has 228 valence electrons. The molecule has 1 saturated carbocycles. The summed E-state index contributed by atoms with van der Waals surface area (Å²) in [6.45, 7) is 0.847. The second-order valence-electron chi connectivity index (χ2n) is 9.60. The zero-order valence-electron chi connectivity index (χ0n) is 23.0. The van der Waals surface area contributed by atoms with Crippen LogP contribution in [0.15, 0.2) is 66.9 Å². The summed E-state index contributed by atoms with van der Waals surface area (Å²) in [5, 5.41) is 0.555. The molecule has 13 heteroatoms. The van der Waals surface area contributed by atoms with Crippen LogP contribution in [0.3, 0.4) is 0 Å². The van der Waals surface area contributed by atoms with Gasteiger partial charge in [-0.25, -0.2) is 8.78 Å². The van der Waals surface area contributed by atoms with Gasteiger partial charge in [0.25, 0.3) is 0 Å². The molecule has 0 atom stereocenters. The van der Waals surface area contributed by atoms with Crippen molar-refractivity contribution in [1.82, 2.24) is 4.98 Å². The summed E-state index contributed by atoms with van der Waals surface area (Å²) in [7, 11) is 1.52. The molecule has 0 spiro atoms. The van der Waals surface area contributed by atoms with Crippen molar-refractivity contribution in [2.45, 2.75) is 19.3 Å². The maximum atomic E-state index is 15.5. The largest absolute Gasteiger partial charge is 0.493 e. The monoisotopic (exact) mass is 634 g/mol. The van der Waals surface area contributed by atoms with Crippen molar-refractivity contribution < 1.29 is 32.6 Å². The number of nitrogens with zero attached hydrogens (tertiary/aromatic N) is 2. The molecule has 1 aliphatic carbocycles. The smallest absolute Gasteiger partial charge is 0.247 e. The van der Waals surface area contributed by atoms with Crippen LogP contribution in [0.4, 0.5) is 20.2 Å². The number of ether oxygens (including phenoxy) is 3. The van der Waals surface area contributed by atoms with E-state index in [0.717, 1.165) is 6.07 Å². The van der Waals surface area contributed by atoms with Crippen LogP contribution in [0.5, 0.6) is 23.0 Å². The summed E-state index contributed by atoms with van der Waals surface area (Å²) in [5.41, 5.74) is 10.6. The fourth-order valence-corrected chi connectivity index (χ4v) is 4.46. The van der Waals surface area contributed by atoms with E-state index in [4.69, 9.17) is 25.7 Å². The summed E-state index contributed by atoms with van der Waals surface area (Å²) in [6, 6.07) is 14.0. The second-order valence-corrected chi connectivity index (χ2v) is 9.60. The molecule has 0 unspecified atom stereocenters. The normalized spacial score (nSPS) is 12.8. The van der Waals surface area contributed by atoms with Crippen LogP contribution in [0.25, 0.3) is 10.9 Å². The third kappa shape index (κ3) is 6.74. The Morgan fingerprint density at radius 2 is 1.63 bits per heavy atom. The number of hydrogen-bond donors (Lipinski definition) is 2. The summed E-state index contributed by atoms with van der Waals surface area (Å²) < 4.78 is 46.3. The van der Waals surface area contributed by atoms with Gasteiger partial charge in [0.15, 0.2) is 23.1 Å². The summed E-state index contributed by atoms with van der Waals surface area (Å²) in [4.78, 5) is 31.1. The number of carbonyl (C=O) groups is 2. The Balaban J connectivity index is 0.00000253. The number of methoxy groups -OCH3 is 1. The molecule has 1 aliphatic rings. The van der Waals surface area contributed by atoms with Gasteiger partial charge in [0, 0.05) is 29.4 Å². The Morgan fingerprint density at radius 1 is 0.930 bits per heavy atom. The van der Waals surface area contributed by atoms with Crippen molar-refractivity contribution in [2.75, 3.05) is 25.2 Å². The minimum absolute atomic E-state index is 0. The Labute approximate surface area is 258 Å². The second kappa shape index (κ2) is 13.9. The van der Waals surface area contributed by atoms with Crippen molar-refractivity contribution in [2.24, 2.45) is 16.9 Å². The Morgan fingerprint density at radius 3 is 2.23 bits per heavy atom. The highest BCUT2D eigenvalue weighted by Crippen LogP contribution is 2.49. The number of rotatable bonds is 11. The van der Waals surface area contributed by atoms with Crippen molar-refractivity contribution in [1.29, 1.82) is 0 Å². The lowest BCUT2D eigenvalue weighted by Gasteiger charge is -2.26. The van der Waals surface area contributed by atoms with Crippen LogP contribution in [-0.4, -0.2) is 37.1 Å². The van der Waals surface area contributed by atoms with E-state index in [9.17, 15) is 14.0 Å². The standard InChI is InChI=1S/C30H28F2N4O5.2ClH/c1-39-26-17-23-21(16-27(26)40-14-2-12-33)24(9-13-35-23)41-25-8-7-20(15-22(25)32)36(19-5-3-18(31)4-6-19)29(38)30(10-11-30)28(34)37;;/h3-9,13,15-17H,2,10-12,14,33H2,1H3,(H2,34,37);2*1H. The minimum Gasteiger partial charge on any atom is -0.493 e. The lowest BCUT2D eigenvalue weighted by Crippen LogP contribution is -2.41. The number of fused-ring (bicyclic) bond motifs is 1. The molecule has 9 nitrogen and oxygen atoms in total. The molecule has 43 heavy (non-hydrogen) atoms. The molecular formula is C30H30Cl2F2N4O5. The first-order valence-electron chi connectivity index (χ1n) is 12.9. The molecular weight excluding hydrogens is 605 g/mol. The molecule has 5 rings (SSSR count). The first kappa shape index (κ1) is 33.3. The van der Waals surface area contributed by atoms with E-state index < -0.39 is 28.9 Å². The van der Waals surface area contributed by atoms with E-state index in [1.54, 1.807) is 18.2 Å². The first-order valence-corrected chi connectivity index (χ1v) is 12.9. The van der Waals surface area contributed by atoms with Gasteiger partial charge in [-0.05, 0) is 74.3 Å². The molecule has 1 aromatic heterocycles. The van der Waals surface area contributed by atoms with Gasteiger partial charge in [0.2, 0.25) is 11.8 Å². The molecule has 0 bridgehead atoms. The number of halogens is 4. The highest BCUT2D eigenvalue weighted by Gasteiger charge is 2.57. The minimum atomic E-state index is -1.39. The van der Waals surface area contributed by atoms with Gasteiger partial charge in [-0.2, -0.15) is 0 Å². The van der Waals surface area contributed by atoms with Gasteiger partial charge in [-0.15, -0.1) is 24.8 Å². The number of aromatic nitrogens is 1. The molecule has 1 heterocycles. The highest BCUT2D eigenvalue weighted by molar-refractivity contribution is 6.16. The number of pyridine rings is 1. The predicted octanol–water partition coefficient (Wildman–Crippen LogP) is 5.82. The van der Waals surface area contributed by atoms with Crippen LogP contribution in [0.1, 0.15) is 19.3 Å².